The maximum atomic E-state index is 13.1. The van der Waals surface area contributed by atoms with Gasteiger partial charge in [0.1, 0.15) is 0 Å². The summed E-state index contributed by atoms with van der Waals surface area (Å²) in [7, 11) is -1.61. The number of hydroxylamine groups is 2. The lowest BCUT2D eigenvalue weighted by atomic mass is 9.77. The Hall–Kier alpha value is -2.40. The second-order valence-corrected chi connectivity index (χ2v) is 5.21. The zero-order valence-corrected chi connectivity index (χ0v) is 11.9. The molecule has 0 saturated carbocycles. The summed E-state index contributed by atoms with van der Waals surface area (Å²) in [6.07, 6.45) is -5.07. The van der Waals surface area contributed by atoms with E-state index in [-0.39, 0.29) is 28.9 Å². The van der Waals surface area contributed by atoms with E-state index in [4.69, 9.17) is 4.65 Å². The predicted molar refractivity (Wildman–Crippen MR) is 70.3 cm³/mol. The van der Waals surface area contributed by atoms with Gasteiger partial charge in [-0.15, -0.1) is 5.06 Å². The monoisotopic (exact) mass is 343 g/mol. The lowest BCUT2D eigenvalue weighted by Crippen LogP contribution is -2.34. The van der Waals surface area contributed by atoms with Crippen LogP contribution in [0.1, 0.15) is 34.3 Å². The minimum absolute atomic E-state index is 0.142. The highest BCUT2D eigenvalue weighted by Crippen LogP contribution is 2.34. The number of nitrogens with zero attached hydrogens (tertiary/aromatic N) is 1. The molecule has 0 aromatic heterocycles. The highest BCUT2D eigenvalue weighted by atomic mass is 19.4. The predicted octanol–water partition coefficient (Wildman–Crippen LogP) is 0.144. The van der Waals surface area contributed by atoms with Crippen molar-refractivity contribution in [1.29, 1.82) is 0 Å². The number of carbonyl (C=O) groups excluding carboxylic acids is 3. The molecule has 0 spiro atoms. The number of amides is 2. The molecular formula is C13H9BF3NO6. The van der Waals surface area contributed by atoms with Crippen molar-refractivity contribution < 1.29 is 42.1 Å². The number of hydrogen-bond donors (Lipinski definition) is 1. The maximum Gasteiger partial charge on any atom is 0.491 e. The minimum atomic E-state index is -4.78. The van der Waals surface area contributed by atoms with E-state index in [0.29, 0.717) is 6.07 Å². The van der Waals surface area contributed by atoms with Crippen LogP contribution in [0.5, 0.6) is 0 Å². The first-order valence-corrected chi connectivity index (χ1v) is 6.80. The van der Waals surface area contributed by atoms with Crippen LogP contribution < -0.4 is 5.46 Å². The molecule has 126 valence electrons. The summed E-state index contributed by atoms with van der Waals surface area (Å²) in [6.45, 7) is -0.455. The van der Waals surface area contributed by atoms with Crippen molar-refractivity contribution >= 4 is 30.4 Å². The van der Waals surface area contributed by atoms with E-state index < -0.39 is 48.8 Å². The van der Waals surface area contributed by atoms with E-state index in [0.717, 1.165) is 6.07 Å². The summed E-state index contributed by atoms with van der Waals surface area (Å²) in [5.41, 5.74) is -2.20. The van der Waals surface area contributed by atoms with Crippen molar-refractivity contribution in [3.8, 4) is 0 Å². The lowest BCUT2D eigenvalue weighted by molar-refractivity contribution is -0.172. The van der Waals surface area contributed by atoms with Crippen molar-refractivity contribution in [3.05, 3.63) is 28.8 Å². The number of rotatable bonds is 2. The smallest absolute Gasteiger partial charge is 0.423 e. The summed E-state index contributed by atoms with van der Waals surface area (Å²) < 4.78 is 44.2. The topological polar surface area (TPSA) is 93.1 Å². The molecule has 1 aromatic carbocycles. The zero-order valence-electron chi connectivity index (χ0n) is 11.9. The van der Waals surface area contributed by atoms with Gasteiger partial charge in [0.2, 0.25) is 0 Å². The number of hydrogen-bond acceptors (Lipinski definition) is 6. The molecule has 2 aliphatic heterocycles. The average molecular weight is 343 g/mol. The molecule has 0 unspecified atom stereocenters. The third-order valence-electron chi connectivity index (χ3n) is 3.66. The highest BCUT2D eigenvalue weighted by molar-refractivity contribution is 6.61. The fraction of sp³-hybridized carbons (Fsp3) is 0.308. The van der Waals surface area contributed by atoms with Crippen LogP contribution in [-0.4, -0.2) is 35.0 Å². The van der Waals surface area contributed by atoms with Crippen molar-refractivity contribution in [3.63, 3.8) is 0 Å². The molecule has 0 radical (unpaired) electrons. The van der Waals surface area contributed by atoms with Crippen LogP contribution in [0, 0.1) is 0 Å². The van der Waals surface area contributed by atoms with Gasteiger partial charge in [-0.2, -0.15) is 13.2 Å². The van der Waals surface area contributed by atoms with Crippen molar-refractivity contribution in [2.24, 2.45) is 0 Å². The molecule has 2 aliphatic rings. The number of carbonyl (C=O) groups is 3. The molecule has 11 heteroatoms. The van der Waals surface area contributed by atoms with Crippen LogP contribution in [0.25, 0.3) is 0 Å². The summed E-state index contributed by atoms with van der Waals surface area (Å²) in [6, 6.07) is 1.52. The fourth-order valence-corrected chi connectivity index (χ4v) is 2.49. The molecule has 0 atom stereocenters. The van der Waals surface area contributed by atoms with Gasteiger partial charge in [-0.1, -0.05) is 0 Å². The Kier molecular flexibility index (Phi) is 3.84. The Morgan fingerprint density at radius 3 is 2.46 bits per heavy atom. The molecule has 1 fully saturated rings. The van der Waals surface area contributed by atoms with Crippen molar-refractivity contribution in [2.45, 2.75) is 25.6 Å². The molecule has 1 saturated heterocycles. The van der Waals surface area contributed by atoms with E-state index in [1.807, 2.05) is 0 Å². The van der Waals surface area contributed by atoms with Gasteiger partial charge in [0.25, 0.3) is 11.8 Å². The molecule has 0 bridgehead atoms. The first-order chi connectivity index (χ1) is 11.2. The van der Waals surface area contributed by atoms with E-state index in [2.05, 4.69) is 4.84 Å². The Balaban J connectivity index is 1.96. The van der Waals surface area contributed by atoms with Crippen LogP contribution >= 0.6 is 0 Å². The van der Waals surface area contributed by atoms with Gasteiger partial charge in [-0.3, -0.25) is 9.59 Å². The van der Waals surface area contributed by atoms with Crippen LogP contribution in [0.3, 0.4) is 0 Å². The first-order valence-electron chi connectivity index (χ1n) is 6.80. The molecule has 1 N–H and O–H groups in total. The van der Waals surface area contributed by atoms with Crippen LogP contribution in [0.15, 0.2) is 12.1 Å². The second-order valence-electron chi connectivity index (χ2n) is 5.21. The van der Waals surface area contributed by atoms with E-state index >= 15 is 0 Å². The quantitative estimate of drug-likeness (QED) is 0.607. The number of benzene rings is 1. The number of fused-ring (bicyclic) bond motifs is 1. The second kappa shape index (κ2) is 5.60. The van der Waals surface area contributed by atoms with Gasteiger partial charge in [0, 0.05) is 12.8 Å². The zero-order chi connectivity index (χ0) is 17.6. The maximum absolute atomic E-state index is 13.1. The Morgan fingerprint density at radius 2 is 1.88 bits per heavy atom. The molecule has 0 aliphatic carbocycles. The molecular weight excluding hydrogens is 334 g/mol. The fourth-order valence-electron chi connectivity index (χ4n) is 2.49. The molecule has 24 heavy (non-hydrogen) atoms. The summed E-state index contributed by atoms with van der Waals surface area (Å²) in [4.78, 5) is 39.4. The summed E-state index contributed by atoms with van der Waals surface area (Å²) in [5, 5.41) is 9.82. The van der Waals surface area contributed by atoms with E-state index in [9.17, 15) is 32.6 Å². The average Bonchev–Trinajstić information content (AvgIpc) is 3.03. The Morgan fingerprint density at radius 1 is 1.25 bits per heavy atom. The van der Waals surface area contributed by atoms with Crippen LogP contribution in [-0.2, 0) is 31.9 Å². The van der Waals surface area contributed by atoms with Gasteiger partial charge in [0.05, 0.1) is 17.7 Å². The third-order valence-corrected chi connectivity index (χ3v) is 3.66. The van der Waals surface area contributed by atoms with Gasteiger partial charge in [-0.25, -0.2) is 4.79 Å². The van der Waals surface area contributed by atoms with Crippen LogP contribution in [0.4, 0.5) is 13.2 Å². The molecule has 2 heterocycles. The van der Waals surface area contributed by atoms with E-state index in [1.165, 1.54) is 0 Å². The molecule has 3 rings (SSSR count). The SMILES string of the molecule is O=C(ON1C(=O)CCC1=O)c1cc2c(c(C(F)(F)F)c1)COB2O. The highest BCUT2D eigenvalue weighted by Gasteiger charge is 2.41. The van der Waals surface area contributed by atoms with Gasteiger partial charge in [0.15, 0.2) is 0 Å². The van der Waals surface area contributed by atoms with Gasteiger partial charge < -0.3 is 14.5 Å². The molecule has 7 nitrogen and oxygen atoms in total. The van der Waals surface area contributed by atoms with Crippen molar-refractivity contribution in [1.82, 2.24) is 5.06 Å². The lowest BCUT2D eigenvalue weighted by Gasteiger charge is -2.15. The Labute approximate surface area is 133 Å². The van der Waals surface area contributed by atoms with Crippen molar-refractivity contribution in [2.75, 3.05) is 0 Å². The third kappa shape index (κ3) is 2.76. The minimum Gasteiger partial charge on any atom is -0.423 e. The number of halogens is 3. The van der Waals surface area contributed by atoms with Crippen LogP contribution in [0.2, 0.25) is 0 Å². The molecule has 2 amide bonds. The first kappa shape index (κ1) is 16.5. The molecule has 1 aromatic rings. The van der Waals surface area contributed by atoms with E-state index in [1.54, 1.807) is 0 Å². The Bertz CT molecular complexity index is 734. The summed E-state index contributed by atoms with van der Waals surface area (Å²) >= 11 is 0. The largest absolute Gasteiger partial charge is 0.491 e. The standard InChI is InChI=1S/C13H9BF3NO6/c15-13(16,17)8-3-6(4-9-7(8)5-23-14(9)22)12(21)24-18-10(19)1-2-11(18)20/h3-4,22H,1-2,5H2. The number of imide groups is 1. The van der Waals surface area contributed by atoms with Gasteiger partial charge >= 0.3 is 19.3 Å². The normalized spacial score (nSPS) is 17.5. The van der Waals surface area contributed by atoms with Gasteiger partial charge in [-0.05, 0) is 23.2 Å². The summed E-state index contributed by atoms with van der Waals surface area (Å²) in [5.74, 6) is -2.83. The number of alkyl halides is 3.